The van der Waals surface area contributed by atoms with Crippen LogP contribution in [0.1, 0.15) is 18.2 Å². The molecule has 0 spiro atoms. The van der Waals surface area contributed by atoms with Crippen molar-refractivity contribution in [3.63, 3.8) is 0 Å². The number of anilines is 1. The highest BCUT2D eigenvalue weighted by Gasteiger charge is 2.08. The number of benzene rings is 1. The Hall–Kier alpha value is -2.30. The predicted molar refractivity (Wildman–Crippen MR) is 71.2 cm³/mol. The summed E-state index contributed by atoms with van der Waals surface area (Å²) in [6.45, 7) is 3.77. The number of hydrogen-bond donors (Lipinski definition) is 1. The lowest BCUT2D eigenvalue weighted by molar-refractivity contribution is -0.118. The third kappa shape index (κ3) is 3.58. The number of nitrogens with zero attached hydrogens (tertiary/aromatic N) is 1. The van der Waals surface area contributed by atoms with Crippen LogP contribution in [-0.2, 0) is 11.2 Å². The zero-order valence-corrected chi connectivity index (χ0v) is 11.0. The SMILES string of the molecule is CCc1ccccc1OCC(=O)Nc1cc(C)no1. The lowest BCUT2D eigenvalue weighted by atomic mass is 10.1. The van der Waals surface area contributed by atoms with E-state index in [4.69, 9.17) is 9.26 Å². The maximum Gasteiger partial charge on any atom is 0.264 e. The molecule has 0 aliphatic heterocycles. The van der Waals surface area contributed by atoms with Gasteiger partial charge in [0, 0.05) is 6.07 Å². The van der Waals surface area contributed by atoms with E-state index in [2.05, 4.69) is 10.5 Å². The van der Waals surface area contributed by atoms with E-state index in [0.717, 1.165) is 17.7 Å². The Morgan fingerprint density at radius 1 is 1.42 bits per heavy atom. The van der Waals surface area contributed by atoms with E-state index in [1.54, 1.807) is 13.0 Å². The molecule has 100 valence electrons. The Morgan fingerprint density at radius 3 is 2.89 bits per heavy atom. The van der Waals surface area contributed by atoms with Gasteiger partial charge in [0.25, 0.3) is 5.91 Å². The third-order valence-corrected chi connectivity index (χ3v) is 2.60. The lowest BCUT2D eigenvalue weighted by Gasteiger charge is -2.09. The van der Waals surface area contributed by atoms with E-state index in [9.17, 15) is 4.79 Å². The quantitative estimate of drug-likeness (QED) is 0.897. The van der Waals surface area contributed by atoms with E-state index < -0.39 is 0 Å². The van der Waals surface area contributed by atoms with Gasteiger partial charge in [-0.05, 0) is 25.0 Å². The monoisotopic (exact) mass is 260 g/mol. The van der Waals surface area contributed by atoms with Crippen LogP contribution in [0.2, 0.25) is 0 Å². The van der Waals surface area contributed by atoms with E-state index in [-0.39, 0.29) is 12.5 Å². The smallest absolute Gasteiger partial charge is 0.264 e. The zero-order chi connectivity index (χ0) is 13.7. The molecule has 0 radical (unpaired) electrons. The molecule has 1 N–H and O–H groups in total. The first-order valence-electron chi connectivity index (χ1n) is 6.13. The number of hydrogen-bond acceptors (Lipinski definition) is 4. The van der Waals surface area contributed by atoms with Gasteiger partial charge in [-0.3, -0.25) is 10.1 Å². The van der Waals surface area contributed by atoms with Crippen molar-refractivity contribution >= 4 is 11.8 Å². The Bertz CT molecular complexity index is 563. The first kappa shape index (κ1) is 13.1. The molecule has 1 aromatic carbocycles. The molecule has 5 heteroatoms. The van der Waals surface area contributed by atoms with Gasteiger partial charge >= 0.3 is 0 Å². The highest BCUT2D eigenvalue weighted by molar-refractivity contribution is 5.90. The first-order chi connectivity index (χ1) is 9.19. The van der Waals surface area contributed by atoms with Crippen LogP contribution >= 0.6 is 0 Å². The van der Waals surface area contributed by atoms with Crippen molar-refractivity contribution in [2.24, 2.45) is 0 Å². The van der Waals surface area contributed by atoms with Crippen LogP contribution in [0.15, 0.2) is 34.9 Å². The second-order valence-corrected chi connectivity index (χ2v) is 4.13. The van der Waals surface area contributed by atoms with Crippen LogP contribution in [0, 0.1) is 6.92 Å². The molecule has 2 aromatic rings. The van der Waals surface area contributed by atoms with E-state index in [1.165, 1.54) is 0 Å². The number of nitrogens with one attached hydrogen (secondary N) is 1. The Morgan fingerprint density at radius 2 is 2.21 bits per heavy atom. The normalized spacial score (nSPS) is 10.2. The number of amides is 1. The van der Waals surface area contributed by atoms with Crippen molar-refractivity contribution in [2.75, 3.05) is 11.9 Å². The molecule has 19 heavy (non-hydrogen) atoms. The van der Waals surface area contributed by atoms with Crippen molar-refractivity contribution in [3.05, 3.63) is 41.6 Å². The van der Waals surface area contributed by atoms with E-state index >= 15 is 0 Å². The van der Waals surface area contributed by atoms with Gasteiger partial charge in [0.05, 0.1) is 5.69 Å². The summed E-state index contributed by atoms with van der Waals surface area (Å²) in [6, 6.07) is 9.31. The van der Waals surface area contributed by atoms with Gasteiger partial charge in [0.2, 0.25) is 5.88 Å². The molecular formula is C14H16N2O3. The van der Waals surface area contributed by atoms with Gasteiger partial charge in [-0.2, -0.15) is 0 Å². The average molecular weight is 260 g/mol. The van der Waals surface area contributed by atoms with Gasteiger partial charge in [0.15, 0.2) is 6.61 Å². The molecule has 0 aliphatic rings. The van der Waals surface area contributed by atoms with Gasteiger partial charge < -0.3 is 9.26 Å². The largest absolute Gasteiger partial charge is 0.483 e. The summed E-state index contributed by atoms with van der Waals surface area (Å²) in [5, 5.41) is 6.26. The third-order valence-electron chi connectivity index (χ3n) is 2.60. The van der Waals surface area contributed by atoms with Gasteiger partial charge in [0.1, 0.15) is 5.75 Å². The van der Waals surface area contributed by atoms with Crippen LogP contribution in [-0.4, -0.2) is 17.7 Å². The standard InChI is InChI=1S/C14H16N2O3/c1-3-11-6-4-5-7-12(11)18-9-13(17)15-14-8-10(2)16-19-14/h4-8H,3,9H2,1-2H3,(H,15,17). The fraction of sp³-hybridized carbons (Fsp3) is 0.286. The molecular weight excluding hydrogens is 244 g/mol. The Kier molecular flexibility index (Phi) is 4.18. The number of para-hydroxylation sites is 1. The van der Waals surface area contributed by atoms with Crippen molar-refractivity contribution < 1.29 is 14.1 Å². The fourth-order valence-electron chi connectivity index (χ4n) is 1.68. The maximum absolute atomic E-state index is 11.7. The molecule has 0 unspecified atom stereocenters. The molecule has 0 bridgehead atoms. The van der Waals surface area contributed by atoms with Crippen molar-refractivity contribution in [3.8, 4) is 5.75 Å². The summed E-state index contributed by atoms with van der Waals surface area (Å²) >= 11 is 0. The molecule has 0 aliphatic carbocycles. The molecule has 0 saturated carbocycles. The van der Waals surface area contributed by atoms with Gasteiger partial charge in [-0.15, -0.1) is 0 Å². The van der Waals surface area contributed by atoms with Gasteiger partial charge in [-0.1, -0.05) is 30.3 Å². The van der Waals surface area contributed by atoms with Crippen molar-refractivity contribution in [1.82, 2.24) is 5.16 Å². The molecule has 2 rings (SSSR count). The van der Waals surface area contributed by atoms with Crippen molar-refractivity contribution in [1.29, 1.82) is 0 Å². The summed E-state index contributed by atoms with van der Waals surface area (Å²) in [7, 11) is 0. The van der Waals surface area contributed by atoms with Crippen molar-refractivity contribution in [2.45, 2.75) is 20.3 Å². The fourth-order valence-corrected chi connectivity index (χ4v) is 1.68. The minimum atomic E-state index is -0.276. The van der Waals surface area contributed by atoms with Crippen LogP contribution in [0.3, 0.4) is 0 Å². The number of aromatic nitrogens is 1. The van der Waals surface area contributed by atoms with E-state index in [1.807, 2.05) is 31.2 Å². The molecule has 0 atom stereocenters. The topological polar surface area (TPSA) is 64.4 Å². The summed E-state index contributed by atoms with van der Waals surface area (Å²) in [6.07, 6.45) is 0.860. The Labute approximate surface area is 111 Å². The second-order valence-electron chi connectivity index (χ2n) is 4.13. The lowest BCUT2D eigenvalue weighted by Crippen LogP contribution is -2.20. The number of aryl methyl sites for hydroxylation is 2. The second kappa shape index (κ2) is 6.04. The molecule has 5 nitrogen and oxygen atoms in total. The summed E-state index contributed by atoms with van der Waals surface area (Å²) in [4.78, 5) is 11.7. The average Bonchev–Trinajstić information content (AvgIpc) is 2.82. The molecule has 0 saturated heterocycles. The van der Waals surface area contributed by atoms with Crippen LogP contribution < -0.4 is 10.1 Å². The molecule has 1 aromatic heterocycles. The number of carbonyl (C=O) groups is 1. The highest BCUT2D eigenvalue weighted by Crippen LogP contribution is 2.18. The first-order valence-corrected chi connectivity index (χ1v) is 6.13. The van der Waals surface area contributed by atoms with Gasteiger partial charge in [-0.25, -0.2) is 0 Å². The van der Waals surface area contributed by atoms with Crippen LogP contribution in [0.4, 0.5) is 5.88 Å². The van der Waals surface area contributed by atoms with Crippen LogP contribution in [0.25, 0.3) is 0 Å². The summed E-state index contributed by atoms with van der Waals surface area (Å²) < 4.78 is 10.4. The Balaban J connectivity index is 1.89. The zero-order valence-electron chi connectivity index (χ0n) is 11.0. The number of rotatable bonds is 5. The molecule has 1 amide bonds. The summed E-state index contributed by atoms with van der Waals surface area (Å²) in [5.41, 5.74) is 1.79. The minimum Gasteiger partial charge on any atom is -0.483 e. The minimum absolute atomic E-state index is 0.0588. The van der Waals surface area contributed by atoms with Crippen LogP contribution in [0.5, 0.6) is 5.75 Å². The number of ether oxygens (including phenoxy) is 1. The maximum atomic E-state index is 11.7. The number of carbonyl (C=O) groups excluding carboxylic acids is 1. The molecule has 1 heterocycles. The summed E-state index contributed by atoms with van der Waals surface area (Å²) in [5.74, 6) is 0.783. The molecule has 0 fully saturated rings. The van der Waals surface area contributed by atoms with E-state index in [0.29, 0.717) is 11.6 Å². The highest BCUT2D eigenvalue weighted by atomic mass is 16.5. The predicted octanol–water partition coefficient (Wildman–Crippen LogP) is 2.56.